The second kappa shape index (κ2) is 6.00. The Kier molecular flexibility index (Phi) is 4.04. The number of fused-ring (bicyclic) bond motifs is 1. The first kappa shape index (κ1) is 15.5. The number of aromatic nitrogens is 3. The molecule has 7 heteroatoms. The van der Waals surface area contributed by atoms with Crippen LogP contribution in [0.1, 0.15) is 34.2 Å². The van der Waals surface area contributed by atoms with E-state index in [2.05, 4.69) is 20.3 Å². The number of hydrogen-bond donors (Lipinski definition) is 2. The Morgan fingerprint density at radius 2 is 2.04 bits per heavy atom. The van der Waals surface area contributed by atoms with Gasteiger partial charge in [-0.2, -0.15) is 0 Å². The van der Waals surface area contributed by atoms with Crippen LogP contribution in [0.2, 0.25) is 0 Å². The number of anilines is 1. The van der Waals surface area contributed by atoms with Gasteiger partial charge in [-0.25, -0.2) is 9.97 Å². The van der Waals surface area contributed by atoms with Crippen molar-refractivity contribution in [3.05, 3.63) is 40.7 Å². The van der Waals surface area contributed by atoms with E-state index in [9.17, 15) is 4.79 Å². The molecule has 0 radical (unpaired) electrons. The van der Waals surface area contributed by atoms with Gasteiger partial charge in [0.1, 0.15) is 10.7 Å². The molecule has 0 saturated carbocycles. The number of imidazole rings is 1. The lowest BCUT2D eigenvalue weighted by Crippen LogP contribution is -2.27. The summed E-state index contributed by atoms with van der Waals surface area (Å²) in [5.41, 5.74) is 2.60. The highest BCUT2D eigenvalue weighted by Crippen LogP contribution is 2.25. The van der Waals surface area contributed by atoms with Gasteiger partial charge in [-0.15, -0.1) is 0 Å². The quantitative estimate of drug-likeness (QED) is 0.772. The van der Waals surface area contributed by atoms with Crippen LogP contribution in [0.3, 0.4) is 0 Å². The fourth-order valence-corrected chi connectivity index (χ4v) is 3.18. The van der Waals surface area contributed by atoms with Gasteiger partial charge in [0.15, 0.2) is 5.13 Å². The molecule has 0 saturated heterocycles. The molecule has 0 fully saturated rings. The standard InChI is InChI=1S/C16H19N5OS/c1-9-13(23-16(18-9)21(3)4)15(22)17-10(2)14-19-11-7-5-6-8-12(11)20-14/h5-8,10H,1-4H3,(H,17,22)(H,19,20)/t10-/m0/s1. The molecule has 2 N–H and O–H groups in total. The van der Waals surface area contributed by atoms with Crippen LogP contribution in [0.4, 0.5) is 5.13 Å². The molecule has 23 heavy (non-hydrogen) atoms. The molecule has 0 aliphatic rings. The van der Waals surface area contributed by atoms with E-state index in [4.69, 9.17) is 0 Å². The molecule has 0 bridgehead atoms. The molecular formula is C16H19N5OS. The Balaban J connectivity index is 1.79. The van der Waals surface area contributed by atoms with Gasteiger partial charge in [0, 0.05) is 14.1 Å². The Labute approximate surface area is 138 Å². The highest BCUT2D eigenvalue weighted by atomic mass is 32.1. The summed E-state index contributed by atoms with van der Waals surface area (Å²) in [4.78, 5) is 27.2. The Hall–Kier alpha value is -2.41. The molecule has 3 rings (SSSR count). The number of rotatable bonds is 4. The molecule has 2 heterocycles. The molecule has 1 amide bonds. The molecule has 1 aromatic carbocycles. The predicted octanol–water partition coefficient (Wildman–Crippen LogP) is 2.88. The van der Waals surface area contributed by atoms with Gasteiger partial charge in [0.2, 0.25) is 0 Å². The molecule has 0 aliphatic carbocycles. The molecule has 2 aromatic heterocycles. The van der Waals surface area contributed by atoms with Gasteiger partial charge in [-0.3, -0.25) is 4.79 Å². The van der Waals surface area contributed by atoms with E-state index in [0.717, 1.165) is 27.7 Å². The molecule has 3 aromatic rings. The van der Waals surface area contributed by atoms with Gasteiger partial charge in [-0.05, 0) is 26.0 Å². The lowest BCUT2D eigenvalue weighted by atomic mass is 10.3. The third-order valence-corrected chi connectivity index (χ3v) is 4.86. The number of carbonyl (C=O) groups excluding carboxylic acids is 1. The van der Waals surface area contributed by atoms with E-state index in [1.165, 1.54) is 11.3 Å². The fraction of sp³-hybridized carbons (Fsp3) is 0.312. The normalized spacial score (nSPS) is 12.3. The molecular weight excluding hydrogens is 310 g/mol. The highest BCUT2D eigenvalue weighted by molar-refractivity contribution is 7.17. The minimum atomic E-state index is -0.209. The fourth-order valence-electron chi connectivity index (χ4n) is 2.29. The maximum absolute atomic E-state index is 12.5. The molecule has 1 atom stereocenters. The number of aromatic amines is 1. The van der Waals surface area contributed by atoms with Crippen LogP contribution < -0.4 is 10.2 Å². The smallest absolute Gasteiger partial charge is 0.263 e. The number of carbonyl (C=O) groups is 1. The van der Waals surface area contributed by atoms with E-state index in [1.54, 1.807) is 0 Å². The number of amides is 1. The van der Waals surface area contributed by atoms with Gasteiger partial charge in [0.05, 0.1) is 22.8 Å². The van der Waals surface area contributed by atoms with Crippen molar-refractivity contribution in [2.45, 2.75) is 19.9 Å². The van der Waals surface area contributed by atoms with Gasteiger partial charge < -0.3 is 15.2 Å². The number of benzene rings is 1. The summed E-state index contributed by atoms with van der Waals surface area (Å²) in [5, 5.41) is 3.81. The van der Waals surface area contributed by atoms with Crippen LogP contribution in [0.15, 0.2) is 24.3 Å². The van der Waals surface area contributed by atoms with Crippen LogP contribution in [-0.4, -0.2) is 35.0 Å². The van der Waals surface area contributed by atoms with Crippen molar-refractivity contribution in [1.82, 2.24) is 20.3 Å². The van der Waals surface area contributed by atoms with Crippen molar-refractivity contribution >= 4 is 33.4 Å². The molecule has 0 aliphatic heterocycles. The molecule has 120 valence electrons. The van der Waals surface area contributed by atoms with Crippen LogP contribution in [0.5, 0.6) is 0 Å². The van der Waals surface area contributed by atoms with Gasteiger partial charge in [0.25, 0.3) is 5.91 Å². The van der Waals surface area contributed by atoms with E-state index in [-0.39, 0.29) is 11.9 Å². The topological polar surface area (TPSA) is 73.9 Å². The number of thiazole rings is 1. The number of nitrogens with zero attached hydrogens (tertiary/aromatic N) is 3. The number of aryl methyl sites for hydroxylation is 1. The number of hydrogen-bond acceptors (Lipinski definition) is 5. The minimum Gasteiger partial charge on any atom is -0.354 e. The summed E-state index contributed by atoms with van der Waals surface area (Å²) in [7, 11) is 3.83. The summed E-state index contributed by atoms with van der Waals surface area (Å²) in [6.45, 7) is 3.77. The van der Waals surface area contributed by atoms with E-state index >= 15 is 0 Å². The predicted molar refractivity (Wildman–Crippen MR) is 93.2 cm³/mol. The Morgan fingerprint density at radius 1 is 1.30 bits per heavy atom. The summed E-state index contributed by atoms with van der Waals surface area (Å²) in [6, 6.07) is 7.60. The zero-order valence-electron chi connectivity index (χ0n) is 13.5. The monoisotopic (exact) mass is 329 g/mol. The Morgan fingerprint density at radius 3 is 2.70 bits per heavy atom. The number of H-pyrrole nitrogens is 1. The first-order chi connectivity index (χ1) is 11.0. The van der Waals surface area contributed by atoms with Crippen LogP contribution >= 0.6 is 11.3 Å². The zero-order chi connectivity index (χ0) is 16.6. The summed E-state index contributed by atoms with van der Waals surface area (Å²) in [6.07, 6.45) is 0. The van der Waals surface area contributed by atoms with E-state index < -0.39 is 0 Å². The second-order valence-electron chi connectivity index (χ2n) is 5.64. The van der Waals surface area contributed by atoms with Crippen molar-refractivity contribution in [2.75, 3.05) is 19.0 Å². The molecule has 0 spiro atoms. The summed E-state index contributed by atoms with van der Waals surface area (Å²) >= 11 is 1.39. The largest absolute Gasteiger partial charge is 0.354 e. The zero-order valence-corrected chi connectivity index (χ0v) is 14.4. The van der Waals surface area contributed by atoms with Crippen molar-refractivity contribution in [2.24, 2.45) is 0 Å². The van der Waals surface area contributed by atoms with Crippen molar-refractivity contribution in [3.8, 4) is 0 Å². The second-order valence-corrected chi connectivity index (χ2v) is 6.62. The first-order valence-corrected chi connectivity index (χ1v) is 8.17. The number of nitrogens with one attached hydrogen (secondary N) is 2. The highest BCUT2D eigenvalue weighted by Gasteiger charge is 2.20. The lowest BCUT2D eigenvalue weighted by Gasteiger charge is -2.10. The average Bonchev–Trinajstić information content (AvgIpc) is 3.10. The Bertz CT molecular complexity index is 818. The van der Waals surface area contributed by atoms with Crippen molar-refractivity contribution in [1.29, 1.82) is 0 Å². The maximum Gasteiger partial charge on any atom is 0.263 e. The molecule has 6 nitrogen and oxygen atoms in total. The summed E-state index contributed by atoms with van der Waals surface area (Å²) < 4.78 is 0. The van der Waals surface area contributed by atoms with Gasteiger partial charge in [-0.1, -0.05) is 23.5 Å². The van der Waals surface area contributed by atoms with Crippen LogP contribution in [-0.2, 0) is 0 Å². The van der Waals surface area contributed by atoms with E-state index in [1.807, 2.05) is 57.1 Å². The summed E-state index contributed by atoms with van der Waals surface area (Å²) in [5.74, 6) is 0.621. The van der Waals surface area contributed by atoms with Crippen LogP contribution in [0, 0.1) is 6.92 Å². The third kappa shape index (κ3) is 3.05. The average molecular weight is 329 g/mol. The first-order valence-electron chi connectivity index (χ1n) is 7.36. The van der Waals surface area contributed by atoms with E-state index in [0.29, 0.717) is 4.88 Å². The molecule has 0 unspecified atom stereocenters. The maximum atomic E-state index is 12.5. The SMILES string of the molecule is Cc1nc(N(C)C)sc1C(=O)N[C@@H](C)c1nc2ccccc2[nH]1. The third-order valence-electron chi connectivity index (χ3n) is 3.54. The lowest BCUT2D eigenvalue weighted by molar-refractivity contribution is 0.0942. The van der Waals surface area contributed by atoms with Crippen molar-refractivity contribution in [3.63, 3.8) is 0 Å². The minimum absolute atomic E-state index is 0.124. The van der Waals surface area contributed by atoms with Gasteiger partial charge >= 0.3 is 0 Å². The number of para-hydroxylation sites is 2. The van der Waals surface area contributed by atoms with Crippen LogP contribution in [0.25, 0.3) is 11.0 Å². The van der Waals surface area contributed by atoms with Crippen molar-refractivity contribution < 1.29 is 4.79 Å².